The molecule has 0 aliphatic heterocycles. The largest absolute Gasteiger partial charge is 0.497 e. The van der Waals surface area contributed by atoms with Gasteiger partial charge in [-0.1, -0.05) is 30.3 Å². The van der Waals surface area contributed by atoms with E-state index in [4.69, 9.17) is 4.74 Å². The van der Waals surface area contributed by atoms with Gasteiger partial charge in [-0.3, -0.25) is 14.0 Å². The van der Waals surface area contributed by atoms with Gasteiger partial charge in [0.15, 0.2) is 0 Å². The van der Waals surface area contributed by atoms with Crippen molar-refractivity contribution in [2.24, 2.45) is 0 Å². The molecule has 0 aliphatic carbocycles. The fourth-order valence-corrected chi connectivity index (χ4v) is 3.87. The topological polar surface area (TPSA) is 90.5 Å². The van der Waals surface area contributed by atoms with Crippen LogP contribution in [0.5, 0.6) is 5.75 Å². The van der Waals surface area contributed by atoms with Crippen LogP contribution in [-0.4, -0.2) is 32.2 Å². The minimum atomic E-state index is -0.237. The molecule has 0 bridgehead atoms. The molecule has 5 aromatic rings. The number of methoxy groups -OCH3 is 1. The summed E-state index contributed by atoms with van der Waals surface area (Å²) in [6, 6.07) is 21.8. The second-order valence-corrected chi connectivity index (χ2v) is 7.62. The summed E-state index contributed by atoms with van der Waals surface area (Å²) in [5, 5.41) is 11.8. The quantitative estimate of drug-likeness (QED) is 0.454. The maximum absolute atomic E-state index is 13.4. The van der Waals surface area contributed by atoms with E-state index in [1.54, 1.807) is 29.7 Å². The van der Waals surface area contributed by atoms with Crippen LogP contribution in [-0.2, 0) is 6.54 Å². The van der Waals surface area contributed by atoms with Crippen LogP contribution < -0.4 is 15.6 Å². The lowest BCUT2D eigenvalue weighted by atomic mass is 10.1. The highest BCUT2D eigenvalue weighted by Crippen LogP contribution is 2.19. The van der Waals surface area contributed by atoms with Crippen molar-refractivity contribution in [3.8, 4) is 11.4 Å². The Balaban J connectivity index is 1.55. The van der Waals surface area contributed by atoms with Gasteiger partial charge in [0, 0.05) is 12.1 Å². The van der Waals surface area contributed by atoms with Gasteiger partial charge in [-0.15, -0.1) is 10.2 Å². The number of aryl methyl sites for hydroxylation is 1. The number of rotatable bonds is 5. The molecule has 33 heavy (non-hydrogen) atoms. The average Bonchev–Trinajstić information content (AvgIpc) is 3.24. The summed E-state index contributed by atoms with van der Waals surface area (Å²) in [5.41, 5.74) is 2.46. The number of carbonyl (C=O) groups excluding carboxylic acids is 1. The van der Waals surface area contributed by atoms with Crippen molar-refractivity contribution in [3.63, 3.8) is 0 Å². The number of aromatic nitrogens is 4. The molecule has 0 aliphatic rings. The maximum atomic E-state index is 13.4. The van der Waals surface area contributed by atoms with E-state index in [1.165, 1.54) is 4.57 Å². The third-order valence-electron chi connectivity index (χ3n) is 5.57. The third-order valence-corrected chi connectivity index (χ3v) is 5.57. The van der Waals surface area contributed by atoms with Crippen LogP contribution in [0.3, 0.4) is 0 Å². The molecule has 1 amide bonds. The van der Waals surface area contributed by atoms with Gasteiger partial charge in [-0.25, -0.2) is 4.57 Å². The monoisotopic (exact) mass is 439 g/mol. The zero-order valence-electron chi connectivity index (χ0n) is 18.1. The minimum Gasteiger partial charge on any atom is -0.497 e. The first-order chi connectivity index (χ1) is 16.1. The Labute approximate surface area is 189 Å². The van der Waals surface area contributed by atoms with Crippen molar-refractivity contribution in [1.29, 1.82) is 0 Å². The number of hydrogen-bond acceptors (Lipinski definition) is 5. The third kappa shape index (κ3) is 3.61. The van der Waals surface area contributed by atoms with Gasteiger partial charge in [0.25, 0.3) is 11.5 Å². The molecule has 8 heteroatoms. The number of carbonyl (C=O) groups is 1. The van der Waals surface area contributed by atoms with E-state index < -0.39 is 0 Å². The van der Waals surface area contributed by atoms with Crippen molar-refractivity contribution in [2.45, 2.75) is 13.5 Å². The lowest BCUT2D eigenvalue weighted by Crippen LogP contribution is -2.24. The molecule has 0 unspecified atom stereocenters. The average molecular weight is 439 g/mol. The number of hydrogen-bond donors (Lipinski definition) is 1. The normalized spacial score (nSPS) is 11.1. The van der Waals surface area contributed by atoms with Crippen LogP contribution in [0.2, 0.25) is 0 Å². The smallest absolute Gasteiger partial charge is 0.267 e. The Kier molecular flexibility index (Phi) is 5.10. The van der Waals surface area contributed by atoms with E-state index in [9.17, 15) is 9.59 Å². The summed E-state index contributed by atoms with van der Waals surface area (Å²) >= 11 is 0. The van der Waals surface area contributed by atoms with Crippen molar-refractivity contribution in [2.75, 3.05) is 7.11 Å². The predicted octanol–water partition coefficient (Wildman–Crippen LogP) is 3.28. The minimum absolute atomic E-state index is 0.221. The van der Waals surface area contributed by atoms with Crippen molar-refractivity contribution in [1.82, 2.24) is 24.5 Å². The molecule has 0 atom stereocenters. The van der Waals surface area contributed by atoms with Crippen LogP contribution in [0.4, 0.5) is 0 Å². The van der Waals surface area contributed by atoms with Crippen molar-refractivity contribution < 1.29 is 9.53 Å². The fraction of sp³-hybridized carbons (Fsp3) is 0.120. The lowest BCUT2D eigenvalue weighted by Gasteiger charge is -2.12. The summed E-state index contributed by atoms with van der Waals surface area (Å²) in [6.07, 6.45) is 0. The highest BCUT2D eigenvalue weighted by molar-refractivity contribution is 5.98. The molecule has 0 spiro atoms. The van der Waals surface area contributed by atoms with Crippen molar-refractivity contribution in [3.05, 3.63) is 100 Å². The SMILES string of the molecule is COc1ccc(CNC(=O)c2ccc3c(=O)n(-c4ccccc4)c4nnc(C)n4c3c2)cc1. The zero-order valence-corrected chi connectivity index (χ0v) is 18.1. The molecule has 0 radical (unpaired) electrons. The summed E-state index contributed by atoms with van der Waals surface area (Å²) < 4.78 is 8.49. The molecule has 5 rings (SSSR count). The van der Waals surface area contributed by atoms with Gasteiger partial charge in [0.1, 0.15) is 11.6 Å². The van der Waals surface area contributed by atoms with Crippen LogP contribution in [0.25, 0.3) is 22.4 Å². The van der Waals surface area contributed by atoms with E-state index in [1.807, 2.05) is 61.5 Å². The van der Waals surface area contributed by atoms with E-state index in [0.29, 0.717) is 40.3 Å². The number of benzene rings is 3. The molecular weight excluding hydrogens is 418 g/mol. The van der Waals surface area contributed by atoms with E-state index in [2.05, 4.69) is 15.5 Å². The van der Waals surface area contributed by atoms with Crippen LogP contribution in [0.1, 0.15) is 21.7 Å². The van der Waals surface area contributed by atoms with Gasteiger partial charge in [-0.05, 0) is 55.0 Å². The van der Waals surface area contributed by atoms with Crippen LogP contribution >= 0.6 is 0 Å². The standard InChI is InChI=1S/C25H21N5O3/c1-16-27-28-25-29(16)22-14-18(23(31)26-15-17-8-11-20(33-2)12-9-17)10-13-21(22)24(32)30(25)19-6-4-3-5-7-19/h3-14H,15H2,1-2H3,(H,26,31). The van der Waals surface area contributed by atoms with Crippen LogP contribution in [0, 0.1) is 6.92 Å². The maximum Gasteiger partial charge on any atom is 0.267 e. The number of para-hydroxylation sites is 1. The number of nitrogens with zero attached hydrogens (tertiary/aromatic N) is 4. The highest BCUT2D eigenvalue weighted by atomic mass is 16.5. The Morgan fingerprint density at radius 1 is 1.00 bits per heavy atom. The molecule has 2 aromatic heterocycles. The van der Waals surface area contributed by atoms with Gasteiger partial charge in [-0.2, -0.15) is 0 Å². The Morgan fingerprint density at radius 2 is 1.76 bits per heavy atom. The predicted molar refractivity (Wildman–Crippen MR) is 125 cm³/mol. The van der Waals surface area contributed by atoms with Crippen molar-refractivity contribution >= 4 is 22.6 Å². The Morgan fingerprint density at radius 3 is 2.48 bits per heavy atom. The van der Waals surface area contributed by atoms with E-state index >= 15 is 0 Å². The van der Waals surface area contributed by atoms with E-state index in [0.717, 1.165) is 11.3 Å². The molecule has 1 N–H and O–H groups in total. The van der Waals surface area contributed by atoms with Gasteiger partial charge in [0.05, 0.1) is 23.7 Å². The molecule has 3 aromatic carbocycles. The summed E-state index contributed by atoms with van der Waals surface area (Å²) in [6.45, 7) is 2.19. The first-order valence-electron chi connectivity index (χ1n) is 10.4. The van der Waals surface area contributed by atoms with Gasteiger partial charge < -0.3 is 10.1 Å². The second kappa shape index (κ2) is 8.23. The lowest BCUT2D eigenvalue weighted by molar-refractivity contribution is 0.0951. The molecule has 0 fully saturated rings. The molecule has 2 heterocycles. The molecule has 164 valence electrons. The molecule has 0 saturated carbocycles. The summed E-state index contributed by atoms with van der Waals surface area (Å²) in [5.74, 6) is 1.54. The first kappa shape index (κ1) is 20.4. The number of fused-ring (bicyclic) bond motifs is 3. The van der Waals surface area contributed by atoms with Gasteiger partial charge >= 0.3 is 0 Å². The zero-order chi connectivity index (χ0) is 22.9. The fourth-order valence-electron chi connectivity index (χ4n) is 3.87. The number of nitrogens with one attached hydrogen (secondary N) is 1. The molecule has 0 saturated heterocycles. The summed E-state index contributed by atoms with van der Waals surface area (Å²) in [7, 11) is 1.61. The Bertz CT molecular complexity index is 1540. The Hall–Kier alpha value is -4.46. The number of amides is 1. The molecule has 8 nitrogen and oxygen atoms in total. The van der Waals surface area contributed by atoms with E-state index in [-0.39, 0.29) is 11.5 Å². The molecular formula is C25H21N5O3. The van der Waals surface area contributed by atoms with Gasteiger partial charge in [0.2, 0.25) is 5.78 Å². The highest BCUT2D eigenvalue weighted by Gasteiger charge is 2.17. The first-order valence-corrected chi connectivity index (χ1v) is 10.4. The number of ether oxygens (including phenoxy) is 1. The van der Waals surface area contributed by atoms with Crippen LogP contribution in [0.15, 0.2) is 77.6 Å². The second-order valence-electron chi connectivity index (χ2n) is 7.62. The summed E-state index contributed by atoms with van der Waals surface area (Å²) in [4.78, 5) is 26.2.